The molecular formula is C20H30N4O2. The predicted molar refractivity (Wildman–Crippen MR) is 105 cm³/mol. The predicted octanol–water partition coefficient (Wildman–Crippen LogP) is 3.24. The summed E-state index contributed by atoms with van der Waals surface area (Å²) in [6.07, 6.45) is 1.70. The molecule has 0 spiro atoms. The lowest BCUT2D eigenvalue weighted by atomic mass is 10.1. The molecule has 2 N–H and O–H groups in total. The average Bonchev–Trinajstić information content (AvgIpc) is 3.05. The summed E-state index contributed by atoms with van der Waals surface area (Å²) in [7, 11) is 1.76. The van der Waals surface area contributed by atoms with Crippen LogP contribution in [0.2, 0.25) is 0 Å². The van der Waals surface area contributed by atoms with Crippen LogP contribution in [0.4, 0.5) is 0 Å². The molecular weight excluding hydrogens is 328 g/mol. The molecule has 2 rings (SSSR count). The lowest BCUT2D eigenvalue weighted by Crippen LogP contribution is -2.41. The first-order valence-corrected chi connectivity index (χ1v) is 9.22. The van der Waals surface area contributed by atoms with Crippen molar-refractivity contribution in [2.45, 2.75) is 53.2 Å². The molecule has 1 aromatic carbocycles. The Morgan fingerprint density at radius 1 is 1.23 bits per heavy atom. The lowest BCUT2D eigenvalue weighted by molar-refractivity contribution is 0.222. The summed E-state index contributed by atoms with van der Waals surface area (Å²) >= 11 is 0. The van der Waals surface area contributed by atoms with Crippen LogP contribution in [-0.2, 0) is 19.4 Å². The van der Waals surface area contributed by atoms with Crippen LogP contribution in [0.15, 0.2) is 33.8 Å². The van der Waals surface area contributed by atoms with Gasteiger partial charge in [-0.05, 0) is 31.9 Å². The van der Waals surface area contributed by atoms with Gasteiger partial charge in [0, 0.05) is 25.6 Å². The van der Waals surface area contributed by atoms with Crippen molar-refractivity contribution in [3.63, 3.8) is 0 Å². The molecule has 1 aromatic heterocycles. The fourth-order valence-corrected chi connectivity index (χ4v) is 2.72. The highest BCUT2D eigenvalue weighted by Gasteiger charge is 2.14. The summed E-state index contributed by atoms with van der Waals surface area (Å²) in [6.45, 7) is 9.53. The first kappa shape index (κ1) is 19.8. The Labute approximate surface area is 156 Å². The second kappa shape index (κ2) is 9.85. The first-order valence-electron chi connectivity index (χ1n) is 9.22. The van der Waals surface area contributed by atoms with Gasteiger partial charge in [-0.2, -0.15) is 0 Å². The number of benzene rings is 1. The zero-order valence-electron chi connectivity index (χ0n) is 16.4. The Hall–Kier alpha value is -2.50. The van der Waals surface area contributed by atoms with Gasteiger partial charge in [-0.1, -0.05) is 37.2 Å². The van der Waals surface area contributed by atoms with Crippen molar-refractivity contribution in [1.82, 2.24) is 15.8 Å². The van der Waals surface area contributed by atoms with Gasteiger partial charge < -0.3 is 19.9 Å². The van der Waals surface area contributed by atoms with Crippen molar-refractivity contribution in [2.75, 3.05) is 13.6 Å². The van der Waals surface area contributed by atoms with E-state index in [1.807, 2.05) is 38.1 Å². The second-order valence-corrected chi connectivity index (χ2v) is 6.24. The number of hydrogen-bond donors (Lipinski definition) is 2. The number of aryl methyl sites for hydroxylation is 3. The topological polar surface area (TPSA) is 71.7 Å². The molecule has 0 aliphatic carbocycles. The number of hydrogen-bond acceptors (Lipinski definition) is 4. The minimum Gasteiger partial charge on any atom is -0.489 e. The molecule has 0 saturated carbocycles. The van der Waals surface area contributed by atoms with Crippen LogP contribution in [0.1, 0.15) is 43.4 Å². The molecule has 142 valence electrons. The van der Waals surface area contributed by atoms with Gasteiger partial charge in [-0.15, -0.1) is 0 Å². The van der Waals surface area contributed by atoms with Crippen LogP contribution < -0.4 is 15.4 Å². The summed E-state index contributed by atoms with van der Waals surface area (Å²) in [6, 6.07) is 8.03. The smallest absolute Gasteiger partial charge is 0.191 e. The zero-order chi connectivity index (χ0) is 18.9. The van der Waals surface area contributed by atoms with Crippen molar-refractivity contribution in [1.29, 1.82) is 0 Å². The van der Waals surface area contributed by atoms with E-state index in [2.05, 4.69) is 34.6 Å². The largest absolute Gasteiger partial charge is 0.489 e. The van der Waals surface area contributed by atoms with E-state index >= 15 is 0 Å². The Bertz CT molecular complexity index is 703. The maximum Gasteiger partial charge on any atom is 0.191 e. The quantitative estimate of drug-likeness (QED) is 0.560. The molecule has 1 heterocycles. The van der Waals surface area contributed by atoms with E-state index in [0.717, 1.165) is 47.1 Å². The molecule has 1 atom stereocenters. The van der Waals surface area contributed by atoms with Crippen LogP contribution in [0.3, 0.4) is 0 Å². The van der Waals surface area contributed by atoms with Crippen molar-refractivity contribution in [3.8, 4) is 5.75 Å². The van der Waals surface area contributed by atoms with Gasteiger partial charge in [-0.3, -0.25) is 4.99 Å². The second-order valence-electron chi connectivity index (χ2n) is 6.24. The summed E-state index contributed by atoms with van der Waals surface area (Å²) in [5.41, 5.74) is 3.26. The van der Waals surface area contributed by atoms with Gasteiger partial charge in [0.2, 0.25) is 0 Å². The maximum absolute atomic E-state index is 5.99. The number of aliphatic imine (C=N–C) groups is 1. The first-order chi connectivity index (χ1) is 12.6. The van der Waals surface area contributed by atoms with Gasteiger partial charge in [0.1, 0.15) is 17.6 Å². The fraction of sp³-hybridized carbons (Fsp3) is 0.500. The normalized spacial score (nSPS) is 12.7. The van der Waals surface area contributed by atoms with Gasteiger partial charge in [-0.25, -0.2) is 0 Å². The zero-order valence-corrected chi connectivity index (χ0v) is 16.4. The number of ether oxygens (including phenoxy) is 1. The van der Waals surface area contributed by atoms with E-state index in [9.17, 15) is 0 Å². The molecule has 6 heteroatoms. The molecule has 2 aromatic rings. The molecule has 0 aliphatic heterocycles. The highest BCUT2D eigenvalue weighted by Crippen LogP contribution is 2.17. The van der Waals surface area contributed by atoms with E-state index in [4.69, 9.17) is 9.26 Å². The molecule has 1 unspecified atom stereocenters. The van der Waals surface area contributed by atoms with Gasteiger partial charge in [0.15, 0.2) is 5.96 Å². The van der Waals surface area contributed by atoms with Crippen molar-refractivity contribution in [2.24, 2.45) is 4.99 Å². The SMILES string of the molecule is CCc1noc(CC)c1CNC(=NC)NCC(C)Oc1ccccc1C. The van der Waals surface area contributed by atoms with Crippen molar-refractivity contribution >= 4 is 5.96 Å². The molecule has 0 fully saturated rings. The standard InChI is InChI=1S/C20H30N4O2/c1-6-17-16(18(7-2)26-24-17)13-23-20(21-5)22-12-15(4)25-19-11-9-8-10-14(19)3/h8-11,15H,6-7,12-13H2,1-5H3,(H2,21,22,23). The minimum atomic E-state index is 0.0163. The summed E-state index contributed by atoms with van der Waals surface area (Å²) in [5.74, 6) is 2.57. The highest BCUT2D eigenvalue weighted by atomic mass is 16.5. The third-order valence-electron chi connectivity index (χ3n) is 4.24. The number of guanidine groups is 1. The molecule has 0 amide bonds. The van der Waals surface area contributed by atoms with E-state index in [1.54, 1.807) is 7.05 Å². The van der Waals surface area contributed by atoms with Crippen LogP contribution in [-0.4, -0.2) is 30.8 Å². The molecule has 0 radical (unpaired) electrons. The number of aromatic nitrogens is 1. The molecule has 0 saturated heterocycles. The van der Waals surface area contributed by atoms with E-state index < -0.39 is 0 Å². The van der Waals surface area contributed by atoms with Gasteiger partial charge >= 0.3 is 0 Å². The van der Waals surface area contributed by atoms with E-state index in [-0.39, 0.29) is 6.10 Å². The van der Waals surface area contributed by atoms with Gasteiger partial charge in [0.25, 0.3) is 0 Å². The fourth-order valence-electron chi connectivity index (χ4n) is 2.72. The monoisotopic (exact) mass is 358 g/mol. The summed E-state index contributed by atoms with van der Waals surface area (Å²) in [5, 5.41) is 10.8. The third kappa shape index (κ3) is 5.25. The van der Waals surface area contributed by atoms with Crippen molar-refractivity contribution < 1.29 is 9.26 Å². The van der Waals surface area contributed by atoms with E-state index in [0.29, 0.717) is 13.1 Å². The Morgan fingerprint density at radius 2 is 2.00 bits per heavy atom. The molecule has 0 bridgehead atoms. The van der Waals surface area contributed by atoms with Crippen LogP contribution in [0, 0.1) is 6.92 Å². The van der Waals surface area contributed by atoms with Crippen molar-refractivity contribution in [3.05, 3.63) is 46.8 Å². The Kier molecular flexibility index (Phi) is 7.51. The molecule has 0 aliphatic rings. The van der Waals surface area contributed by atoms with Crippen LogP contribution in [0.5, 0.6) is 5.75 Å². The number of nitrogens with zero attached hydrogens (tertiary/aromatic N) is 2. The highest BCUT2D eigenvalue weighted by molar-refractivity contribution is 5.79. The van der Waals surface area contributed by atoms with Crippen LogP contribution >= 0.6 is 0 Å². The lowest BCUT2D eigenvalue weighted by Gasteiger charge is -2.19. The number of rotatable bonds is 8. The maximum atomic E-state index is 5.99. The third-order valence-corrected chi connectivity index (χ3v) is 4.24. The van der Waals surface area contributed by atoms with Gasteiger partial charge in [0.05, 0.1) is 12.2 Å². The molecule has 26 heavy (non-hydrogen) atoms. The van der Waals surface area contributed by atoms with Crippen LogP contribution in [0.25, 0.3) is 0 Å². The molecule has 6 nitrogen and oxygen atoms in total. The summed E-state index contributed by atoms with van der Waals surface area (Å²) < 4.78 is 11.4. The Balaban J connectivity index is 1.86. The van der Waals surface area contributed by atoms with E-state index in [1.165, 1.54) is 0 Å². The number of para-hydroxylation sites is 1. The minimum absolute atomic E-state index is 0.0163. The average molecular weight is 358 g/mol. The Morgan fingerprint density at radius 3 is 2.65 bits per heavy atom. The summed E-state index contributed by atoms with van der Waals surface area (Å²) in [4.78, 5) is 4.28. The number of nitrogens with one attached hydrogen (secondary N) is 2.